The fourth-order valence-corrected chi connectivity index (χ4v) is 2.44. The Kier molecular flexibility index (Phi) is 6.88. The van der Waals surface area contributed by atoms with E-state index in [1.807, 2.05) is 0 Å². The van der Waals surface area contributed by atoms with Gasteiger partial charge in [0, 0.05) is 8.96 Å². The maximum Gasteiger partial charge on any atom is 0.0273 e. The summed E-state index contributed by atoms with van der Waals surface area (Å²) in [6.07, 6.45) is 15.1. The van der Waals surface area contributed by atoms with Gasteiger partial charge in [-0.25, -0.2) is 0 Å². The van der Waals surface area contributed by atoms with Crippen LogP contribution >= 0.6 is 31.9 Å². The molecule has 0 bridgehead atoms. The molecule has 0 amide bonds. The van der Waals surface area contributed by atoms with Gasteiger partial charge >= 0.3 is 0 Å². The van der Waals surface area contributed by atoms with Gasteiger partial charge in [-0.15, -0.1) is 0 Å². The van der Waals surface area contributed by atoms with Crippen LogP contribution in [0.4, 0.5) is 0 Å². The lowest BCUT2D eigenvalue weighted by Crippen LogP contribution is -1.83. The Morgan fingerprint density at radius 3 is 2.29 bits per heavy atom. The summed E-state index contributed by atoms with van der Waals surface area (Å²) >= 11 is 7.21. The maximum atomic E-state index is 3.63. The minimum atomic E-state index is 1.17. The van der Waals surface area contributed by atoms with Gasteiger partial charge in [0.25, 0.3) is 0 Å². The van der Waals surface area contributed by atoms with E-state index >= 15 is 0 Å². The quantitative estimate of drug-likeness (QED) is 0.538. The third-order valence-corrected chi connectivity index (χ3v) is 4.64. The van der Waals surface area contributed by atoms with E-state index in [1.54, 1.807) is 0 Å². The van der Waals surface area contributed by atoms with Gasteiger partial charge in [0.05, 0.1) is 0 Å². The number of hydrogen-bond donors (Lipinski definition) is 0. The first kappa shape index (κ1) is 12.5. The molecule has 0 nitrogen and oxygen atoms in total. The van der Waals surface area contributed by atoms with Crippen molar-refractivity contribution in [2.24, 2.45) is 0 Å². The molecule has 0 saturated carbocycles. The van der Waals surface area contributed by atoms with Gasteiger partial charge < -0.3 is 0 Å². The Labute approximate surface area is 104 Å². The molecule has 0 aromatic heterocycles. The van der Waals surface area contributed by atoms with Crippen LogP contribution in [0.5, 0.6) is 0 Å². The van der Waals surface area contributed by atoms with Crippen molar-refractivity contribution in [2.75, 3.05) is 0 Å². The van der Waals surface area contributed by atoms with Crippen molar-refractivity contribution < 1.29 is 0 Å². The van der Waals surface area contributed by atoms with Crippen LogP contribution in [0, 0.1) is 0 Å². The predicted octanol–water partition coefficient (Wildman–Crippen LogP) is 5.68. The summed E-state index contributed by atoms with van der Waals surface area (Å²) in [4.78, 5) is 0. The topological polar surface area (TPSA) is 0 Å². The molecule has 0 aromatic rings. The monoisotopic (exact) mass is 320 g/mol. The lowest BCUT2D eigenvalue weighted by atomic mass is 10.1. The van der Waals surface area contributed by atoms with Gasteiger partial charge in [-0.1, -0.05) is 53.8 Å². The fourth-order valence-electron chi connectivity index (χ4n) is 1.65. The molecule has 0 atom stereocenters. The van der Waals surface area contributed by atoms with Gasteiger partial charge in [-0.3, -0.25) is 0 Å². The van der Waals surface area contributed by atoms with Crippen LogP contribution in [-0.2, 0) is 0 Å². The van der Waals surface area contributed by atoms with Crippen molar-refractivity contribution >= 4 is 31.9 Å². The highest BCUT2D eigenvalue weighted by Gasteiger charge is 1.99. The van der Waals surface area contributed by atoms with Crippen LogP contribution in [0.2, 0.25) is 0 Å². The normalized spacial score (nSPS) is 29.0. The zero-order valence-electron chi connectivity index (χ0n) is 8.57. The molecule has 0 spiro atoms. The molecule has 0 saturated heterocycles. The van der Waals surface area contributed by atoms with Crippen molar-refractivity contribution in [1.29, 1.82) is 0 Å². The molecule has 1 aliphatic rings. The molecule has 14 heavy (non-hydrogen) atoms. The second kappa shape index (κ2) is 7.70. The minimum Gasteiger partial charge on any atom is -0.0834 e. The summed E-state index contributed by atoms with van der Waals surface area (Å²) in [5, 5.41) is 0. The second-order valence-corrected chi connectivity index (χ2v) is 5.63. The summed E-state index contributed by atoms with van der Waals surface area (Å²) in [6.45, 7) is 0. The molecular formula is C12H18Br2. The van der Waals surface area contributed by atoms with Crippen LogP contribution in [-0.4, -0.2) is 0 Å². The van der Waals surface area contributed by atoms with Gasteiger partial charge in [0.2, 0.25) is 0 Å². The van der Waals surface area contributed by atoms with Crippen molar-refractivity contribution in [3.8, 4) is 0 Å². The average Bonchev–Trinajstić information content (AvgIpc) is 2.18. The molecule has 1 aliphatic carbocycles. The van der Waals surface area contributed by atoms with E-state index in [0.717, 1.165) is 0 Å². The highest BCUT2D eigenvalue weighted by Crippen LogP contribution is 2.25. The molecule has 0 heterocycles. The summed E-state index contributed by atoms with van der Waals surface area (Å²) in [5.41, 5.74) is 0. The fraction of sp³-hybridized carbons (Fsp3) is 0.667. The largest absolute Gasteiger partial charge is 0.0834 e. The van der Waals surface area contributed by atoms with Crippen LogP contribution in [0.15, 0.2) is 21.1 Å². The third-order valence-electron chi connectivity index (χ3n) is 2.54. The Balaban J connectivity index is 2.50. The average molecular weight is 322 g/mol. The van der Waals surface area contributed by atoms with Gasteiger partial charge in [0.1, 0.15) is 0 Å². The SMILES string of the molecule is BrC1=C(\Br)CCCCCCCC/C=C\1. The van der Waals surface area contributed by atoms with E-state index in [9.17, 15) is 0 Å². The van der Waals surface area contributed by atoms with Crippen molar-refractivity contribution in [3.63, 3.8) is 0 Å². The third kappa shape index (κ3) is 5.35. The van der Waals surface area contributed by atoms with Crippen molar-refractivity contribution in [2.45, 2.75) is 51.4 Å². The number of rotatable bonds is 0. The van der Waals surface area contributed by atoms with E-state index in [0.29, 0.717) is 0 Å². The molecule has 0 aromatic carbocycles. The Bertz CT molecular complexity index is 216. The van der Waals surface area contributed by atoms with Crippen LogP contribution < -0.4 is 0 Å². The number of hydrogen-bond acceptors (Lipinski definition) is 0. The van der Waals surface area contributed by atoms with E-state index < -0.39 is 0 Å². The number of allylic oxidation sites excluding steroid dienone is 4. The van der Waals surface area contributed by atoms with Crippen LogP contribution in [0.1, 0.15) is 51.4 Å². The number of halogens is 2. The summed E-state index contributed by atoms with van der Waals surface area (Å²) in [6, 6.07) is 0. The molecule has 0 fully saturated rings. The molecule has 80 valence electrons. The first-order valence-electron chi connectivity index (χ1n) is 5.51. The Morgan fingerprint density at radius 2 is 1.50 bits per heavy atom. The molecule has 2 heteroatoms. The maximum absolute atomic E-state index is 3.63. The summed E-state index contributed by atoms with van der Waals surface area (Å²) < 4.78 is 2.53. The molecule has 1 rings (SSSR count). The summed E-state index contributed by atoms with van der Waals surface area (Å²) in [5.74, 6) is 0. The van der Waals surface area contributed by atoms with Crippen LogP contribution in [0.3, 0.4) is 0 Å². The van der Waals surface area contributed by atoms with Crippen molar-refractivity contribution in [1.82, 2.24) is 0 Å². The highest BCUT2D eigenvalue weighted by atomic mass is 79.9. The standard InChI is InChI=1S/C12H18Br2/c13-11-9-7-5-3-1-2-4-6-8-10-12(11)14/h7,9H,1-6,8,10H2/b9-7-,12-11-. The van der Waals surface area contributed by atoms with Gasteiger partial charge in [-0.2, -0.15) is 0 Å². The van der Waals surface area contributed by atoms with E-state index in [1.165, 1.54) is 60.3 Å². The van der Waals surface area contributed by atoms with E-state index in [2.05, 4.69) is 44.0 Å². The first-order chi connectivity index (χ1) is 6.80. The Morgan fingerprint density at radius 1 is 0.857 bits per heavy atom. The van der Waals surface area contributed by atoms with E-state index in [4.69, 9.17) is 0 Å². The lowest BCUT2D eigenvalue weighted by Gasteiger charge is -2.04. The predicted molar refractivity (Wildman–Crippen MR) is 71.0 cm³/mol. The minimum absolute atomic E-state index is 1.17. The van der Waals surface area contributed by atoms with Crippen molar-refractivity contribution in [3.05, 3.63) is 21.1 Å². The molecule has 0 radical (unpaired) electrons. The zero-order chi connectivity index (χ0) is 10.2. The zero-order valence-corrected chi connectivity index (χ0v) is 11.7. The van der Waals surface area contributed by atoms with Gasteiger partial charge in [-0.05, 0) is 41.6 Å². The molecule has 0 aliphatic heterocycles. The second-order valence-electron chi connectivity index (χ2n) is 3.82. The van der Waals surface area contributed by atoms with Crippen LogP contribution in [0.25, 0.3) is 0 Å². The molecular weight excluding hydrogens is 304 g/mol. The van der Waals surface area contributed by atoms with E-state index in [-0.39, 0.29) is 0 Å². The lowest BCUT2D eigenvalue weighted by molar-refractivity contribution is 0.598. The van der Waals surface area contributed by atoms with Gasteiger partial charge in [0.15, 0.2) is 0 Å². The highest BCUT2D eigenvalue weighted by molar-refractivity contribution is 9.14. The Hall–Kier alpha value is 0.440. The first-order valence-corrected chi connectivity index (χ1v) is 7.10. The smallest absolute Gasteiger partial charge is 0.0273 e. The molecule has 0 N–H and O–H groups in total. The summed E-state index contributed by atoms with van der Waals surface area (Å²) in [7, 11) is 0. The molecule has 0 unspecified atom stereocenters.